The van der Waals surface area contributed by atoms with Crippen LogP contribution in [0.15, 0.2) is 18.2 Å². The Hall–Kier alpha value is -3.34. The molecule has 1 aromatic carbocycles. The summed E-state index contributed by atoms with van der Waals surface area (Å²) in [5.41, 5.74) is 0.571. The summed E-state index contributed by atoms with van der Waals surface area (Å²) >= 11 is 0. The molecule has 214 valence electrons. The third-order valence-electron chi connectivity index (χ3n) is 5.56. The summed E-state index contributed by atoms with van der Waals surface area (Å²) in [5.74, 6) is -0.953. The summed E-state index contributed by atoms with van der Waals surface area (Å²) in [6.07, 6.45) is 0.651. The van der Waals surface area contributed by atoms with Gasteiger partial charge in [-0.2, -0.15) is 0 Å². The van der Waals surface area contributed by atoms with Crippen LogP contribution in [0.5, 0.6) is 11.5 Å². The number of carbonyl (C=O) groups excluding carboxylic acids is 4. The number of hydrogen-bond acceptors (Lipinski definition) is 11. The molecule has 0 heterocycles. The normalized spacial score (nSPS) is 13.0. The highest BCUT2D eigenvalue weighted by Crippen LogP contribution is 2.30. The van der Waals surface area contributed by atoms with Crippen molar-refractivity contribution in [2.75, 3.05) is 20.3 Å². The molecule has 1 N–H and O–H groups in total. The van der Waals surface area contributed by atoms with Gasteiger partial charge in [-0.1, -0.05) is 33.3 Å². The first-order chi connectivity index (χ1) is 18.1. The summed E-state index contributed by atoms with van der Waals surface area (Å²) < 4.78 is 31.0. The average molecular weight is 540 g/mol. The molecule has 3 atom stereocenters. The Kier molecular flexibility index (Phi) is 15.5. The molecule has 0 aromatic heterocycles. The van der Waals surface area contributed by atoms with Crippen LogP contribution >= 0.6 is 0 Å². The van der Waals surface area contributed by atoms with E-state index in [1.807, 2.05) is 20.8 Å². The molecular weight excluding hydrogens is 498 g/mol. The number of methoxy groups -OCH3 is 1. The number of rotatable bonds is 16. The molecule has 0 aliphatic heterocycles. The predicted octanol–water partition coefficient (Wildman–Crippen LogP) is 4.72. The maximum Gasteiger partial charge on any atom is 0.514 e. The van der Waals surface area contributed by atoms with E-state index >= 15 is 0 Å². The van der Waals surface area contributed by atoms with Gasteiger partial charge in [0.2, 0.25) is 0 Å². The van der Waals surface area contributed by atoms with E-state index in [1.54, 1.807) is 19.9 Å². The lowest BCUT2D eigenvalue weighted by Gasteiger charge is -2.18. The Balaban J connectivity index is 3.00. The highest BCUT2D eigenvalue weighted by atomic mass is 16.7. The number of nitrogens with one attached hydrogen (secondary N) is 1. The number of esters is 2. The van der Waals surface area contributed by atoms with Crippen molar-refractivity contribution in [3.8, 4) is 11.5 Å². The van der Waals surface area contributed by atoms with E-state index in [2.05, 4.69) is 5.32 Å². The molecule has 0 saturated heterocycles. The van der Waals surface area contributed by atoms with Crippen LogP contribution in [0.25, 0.3) is 0 Å². The van der Waals surface area contributed by atoms with Crippen LogP contribution in [0.3, 0.4) is 0 Å². The summed E-state index contributed by atoms with van der Waals surface area (Å²) in [7, 11) is 1.26. The standard InChI is InChI=1S/C27H41NO10/c1-7-10-11-24(29)34-15-14-28-21(25(30)33-6)16-20-12-13-22(37-26(31)35-18(4)8-2)23(17-20)38-27(32)36-19(5)9-3/h12-13,17-19,21,28H,7-11,14-16H2,1-6H3/t18?,19?,21-/m0/s1. The quantitative estimate of drug-likeness (QED) is 0.135. The van der Waals surface area contributed by atoms with Crippen molar-refractivity contribution >= 4 is 24.2 Å². The molecule has 0 bridgehead atoms. The number of unbranched alkanes of at least 4 members (excludes halogenated alkanes) is 1. The van der Waals surface area contributed by atoms with Crippen molar-refractivity contribution < 1.29 is 47.6 Å². The fourth-order valence-electron chi connectivity index (χ4n) is 2.97. The third-order valence-corrected chi connectivity index (χ3v) is 5.56. The Morgan fingerprint density at radius 3 is 2.05 bits per heavy atom. The van der Waals surface area contributed by atoms with Gasteiger partial charge in [-0.05, 0) is 57.2 Å². The molecule has 1 aromatic rings. The zero-order valence-corrected chi connectivity index (χ0v) is 23.2. The smallest absolute Gasteiger partial charge is 0.468 e. The van der Waals surface area contributed by atoms with E-state index in [1.165, 1.54) is 19.2 Å². The molecule has 0 aliphatic carbocycles. The highest BCUT2D eigenvalue weighted by Gasteiger charge is 2.23. The monoisotopic (exact) mass is 539 g/mol. The number of benzene rings is 1. The number of hydrogen-bond donors (Lipinski definition) is 1. The molecule has 0 saturated carbocycles. The SMILES string of the molecule is CCCCC(=O)OCCN[C@@H](Cc1ccc(OC(=O)OC(C)CC)c(OC(=O)OC(C)CC)c1)C(=O)OC. The van der Waals surface area contributed by atoms with Crippen LogP contribution in [0.4, 0.5) is 9.59 Å². The fraction of sp³-hybridized carbons (Fsp3) is 0.630. The van der Waals surface area contributed by atoms with Gasteiger partial charge in [0.25, 0.3) is 0 Å². The van der Waals surface area contributed by atoms with Gasteiger partial charge >= 0.3 is 24.2 Å². The molecule has 0 fully saturated rings. The topological polar surface area (TPSA) is 136 Å². The van der Waals surface area contributed by atoms with Gasteiger partial charge in [-0.3, -0.25) is 9.59 Å². The van der Waals surface area contributed by atoms with Gasteiger partial charge in [0.1, 0.15) is 24.9 Å². The van der Waals surface area contributed by atoms with Crippen molar-refractivity contribution in [2.24, 2.45) is 0 Å². The zero-order chi connectivity index (χ0) is 28.5. The van der Waals surface area contributed by atoms with E-state index in [0.717, 1.165) is 12.8 Å². The van der Waals surface area contributed by atoms with Crippen molar-refractivity contribution in [1.29, 1.82) is 0 Å². The van der Waals surface area contributed by atoms with Crippen molar-refractivity contribution in [3.05, 3.63) is 23.8 Å². The highest BCUT2D eigenvalue weighted by molar-refractivity contribution is 5.76. The summed E-state index contributed by atoms with van der Waals surface area (Å²) in [6.45, 7) is 9.45. The Morgan fingerprint density at radius 2 is 1.50 bits per heavy atom. The Morgan fingerprint density at radius 1 is 0.895 bits per heavy atom. The van der Waals surface area contributed by atoms with Gasteiger partial charge in [0.15, 0.2) is 11.5 Å². The van der Waals surface area contributed by atoms with Crippen LogP contribution in [-0.4, -0.2) is 62.8 Å². The maximum absolute atomic E-state index is 12.4. The minimum Gasteiger partial charge on any atom is -0.468 e. The van der Waals surface area contributed by atoms with Crippen LogP contribution < -0.4 is 14.8 Å². The van der Waals surface area contributed by atoms with Crippen molar-refractivity contribution in [2.45, 2.75) is 91.4 Å². The van der Waals surface area contributed by atoms with Crippen molar-refractivity contribution in [3.63, 3.8) is 0 Å². The molecule has 38 heavy (non-hydrogen) atoms. The van der Waals surface area contributed by atoms with Gasteiger partial charge in [0.05, 0.1) is 7.11 Å². The second kappa shape index (κ2) is 18.0. The maximum atomic E-state index is 12.4. The van der Waals surface area contributed by atoms with Gasteiger partial charge < -0.3 is 33.7 Å². The number of carbonyl (C=O) groups is 4. The lowest BCUT2D eigenvalue weighted by Crippen LogP contribution is -2.41. The first-order valence-corrected chi connectivity index (χ1v) is 13.0. The minimum atomic E-state index is -0.968. The van der Waals surface area contributed by atoms with E-state index in [4.69, 9.17) is 28.4 Å². The first-order valence-electron chi connectivity index (χ1n) is 13.0. The molecule has 11 heteroatoms. The van der Waals surface area contributed by atoms with Gasteiger partial charge in [0, 0.05) is 13.0 Å². The lowest BCUT2D eigenvalue weighted by atomic mass is 10.1. The summed E-state index contributed by atoms with van der Waals surface area (Å²) in [6, 6.07) is 3.73. The van der Waals surface area contributed by atoms with Gasteiger partial charge in [-0.25, -0.2) is 9.59 Å². The molecule has 0 spiro atoms. The van der Waals surface area contributed by atoms with Crippen LogP contribution in [-0.2, 0) is 35.0 Å². The van der Waals surface area contributed by atoms with Crippen LogP contribution in [0.1, 0.15) is 72.3 Å². The third kappa shape index (κ3) is 12.8. The molecule has 0 amide bonds. The van der Waals surface area contributed by atoms with Crippen LogP contribution in [0.2, 0.25) is 0 Å². The molecule has 0 aliphatic rings. The first kappa shape index (κ1) is 32.7. The van der Waals surface area contributed by atoms with E-state index in [9.17, 15) is 19.2 Å². The Bertz CT molecular complexity index is 904. The Labute approximate surface area is 224 Å². The van der Waals surface area contributed by atoms with E-state index < -0.39 is 24.3 Å². The van der Waals surface area contributed by atoms with E-state index in [0.29, 0.717) is 24.8 Å². The lowest BCUT2D eigenvalue weighted by molar-refractivity contribution is -0.144. The second-order valence-corrected chi connectivity index (χ2v) is 8.72. The molecule has 2 unspecified atom stereocenters. The van der Waals surface area contributed by atoms with E-state index in [-0.39, 0.29) is 49.2 Å². The average Bonchev–Trinajstić information content (AvgIpc) is 2.89. The summed E-state index contributed by atoms with van der Waals surface area (Å²) in [5, 5.41) is 3.01. The largest absolute Gasteiger partial charge is 0.514 e. The van der Waals surface area contributed by atoms with Crippen LogP contribution in [0, 0.1) is 0 Å². The van der Waals surface area contributed by atoms with Gasteiger partial charge in [-0.15, -0.1) is 0 Å². The molecule has 0 radical (unpaired) electrons. The predicted molar refractivity (Wildman–Crippen MR) is 138 cm³/mol. The zero-order valence-electron chi connectivity index (χ0n) is 23.2. The molecule has 11 nitrogen and oxygen atoms in total. The molecular formula is C27H41NO10. The summed E-state index contributed by atoms with van der Waals surface area (Å²) in [4.78, 5) is 48.5. The molecule has 1 rings (SSSR count). The van der Waals surface area contributed by atoms with Crippen molar-refractivity contribution in [1.82, 2.24) is 5.32 Å². The minimum absolute atomic E-state index is 0.0512. The number of ether oxygens (including phenoxy) is 6. The second-order valence-electron chi connectivity index (χ2n) is 8.72. The fourth-order valence-corrected chi connectivity index (χ4v) is 2.97.